The molecular weight excluding hydrogens is 430 g/mol. The molecule has 0 spiro atoms. The van der Waals surface area contributed by atoms with Gasteiger partial charge in [-0.1, -0.05) is 29.8 Å². The molecule has 6 nitrogen and oxygen atoms in total. The first-order chi connectivity index (χ1) is 13.9. The van der Waals surface area contributed by atoms with Crippen LogP contribution in [0.5, 0.6) is 0 Å². The van der Waals surface area contributed by atoms with Gasteiger partial charge in [0.2, 0.25) is 5.91 Å². The van der Waals surface area contributed by atoms with E-state index in [0.717, 1.165) is 30.8 Å². The maximum atomic E-state index is 13.1. The Morgan fingerprint density at radius 3 is 2.38 bits per heavy atom. The Morgan fingerprint density at radius 2 is 1.72 bits per heavy atom. The summed E-state index contributed by atoms with van der Waals surface area (Å²) in [7, 11) is -3.59. The number of thiophene rings is 1. The molecule has 1 aromatic carbocycles. The van der Waals surface area contributed by atoms with Crippen molar-refractivity contribution in [3.63, 3.8) is 0 Å². The monoisotopic (exact) mass is 453 g/mol. The number of anilines is 1. The number of halogens is 1. The van der Waals surface area contributed by atoms with Crippen LogP contribution in [0.1, 0.15) is 12.8 Å². The quantitative estimate of drug-likeness (QED) is 0.713. The van der Waals surface area contributed by atoms with Crippen LogP contribution >= 0.6 is 22.9 Å². The Hall–Kier alpha value is -1.61. The lowest BCUT2D eigenvalue weighted by atomic mass is 9.97. The number of amides is 1. The van der Waals surface area contributed by atoms with Gasteiger partial charge in [0.15, 0.2) is 0 Å². The molecule has 1 unspecified atom stereocenters. The van der Waals surface area contributed by atoms with Crippen LogP contribution in [-0.4, -0.2) is 62.8 Å². The summed E-state index contributed by atoms with van der Waals surface area (Å²) in [6, 6.07) is 13.3. The Morgan fingerprint density at radius 1 is 1.00 bits per heavy atom. The molecule has 0 saturated carbocycles. The van der Waals surface area contributed by atoms with Gasteiger partial charge in [0.05, 0.1) is 10.3 Å². The van der Waals surface area contributed by atoms with Gasteiger partial charge >= 0.3 is 0 Å². The molecule has 2 aromatic rings. The molecule has 0 N–H and O–H groups in total. The first kappa shape index (κ1) is 20.7. The molecule has 0 bridgehead atoms. The van der Waals surface area contributed by atoms with Crippen molar-refractivity contribution in [2.75, 3.05) is 44.2 Å². The van der Waals surface area contributed by atoms with Crippen molar-refractivity contribution in [2.45, 2.75) is 17.1 Å². The summed E-state index contributed by atoms with van der Waals surface area (Å²) >= 11 is 6.97. The minimum Gasteiger partial charge on any atom is -0.368 e. The second kappa shape index (κ2) is 8.63. The van der Waals surface area contributed by atoms with E-state index in [0.29, 0.717) is 30.4 Å². The molecule has 3 heterocycles. The van der Waals surface area contributed by atoms with Gasteiger partial charge in [-0.3, -0.25) is 4.79 Å². The van der Waals surface area contributed by atoms with Crippen LogP contribution in [0.4, 0.5) is 5.69 Å². The summed E-state index contributed by atoms with van der Waals surface area (Å²) in [4.78, 5) is 17.2. The van der Waals surface area contributed by atoms with Crippen LogP contribution < -0.4 is 4.90 Å². The van der Waals surface area contributed by atoms with Crippen LogP contribution in [0.3, 0.4) is 0 Å². The molecule has 1 amide bonds. The zero-order valence-corrected chi connectivity index (χ0v) is 18.4. The van der Waals surface area contributed by atoms with Gasteiger partial charge in [0, 0.05) is 45.0 Å². The van der Waals surface area contributed by atoms with Gasteiger partial charge in [-0.25, -0.2) is 8.42 Å². The molecule has 156 valence electrons. The number of carbonyl (C=O) groups is 1. The van der Waals surface area contributed by atoms with Crippen LogP contribution in [0.15, 0.2) is 46.7 Å². The standard InChI is InChI=1S/C20H24ClN3O3S2/c21-18-8-9-19(28-18)29(26,27)24-10-4-5-16(15-24)20(25)23-13-11-22(12-14-23)17-6-2-1-3-7-17/h1-3,6-9,16H,4-5,10-15H2. The smallest absolute Gasteiger partial charge is 0.252 e. The lowest BCUT2D eigenvalue weighted by Crippen LogP contribution is -2.53. The number of nitrogens with zero attached hydrogens (tertiary/aromatic N) is 3. The molecule has 1 aromatic heterocycles. The third-order valence-corrected chi connectivity index (χ3v) is 9.15. The van der Waals surface area contributed by atoms with Gasteiger partial charge in [-0.2, -0.15) is 4.31 Å². The van der Waals surface area contributed by atoms with E-state index in [1.807, 2.05) is 23.1 Å². The van der Waals surface area contributed by atoms with E-state index in [1.165, 1.54) is 16.1 Å². The minimum atomic E-state index is -3.59. The van der Waals surface area contributed by atoms with Crippen LogP contribution in [0.2, 0.25) is 4.34 Å². The summed E-state index contributed by atoms with van der Waals surface area (Å²) < 4.78 is 27.9. The fraction of sp³-hybridized carbons (Fsp3) is 0.450. The summed E-state index contributed by atoms with van der Waals surface area (Å²) in [5.41, 5.74) is 1.17. The zero-order valence-electron chi connectivity index (χ0n) is 16.0. The largest absolute Gasteiger partial charge is 0.368 e. The molecular formula is C20H24ClN3O3S2. The van der Waals surface area contributed by atoms with E-state index in [2.05, 4.69) is 17.0 Å². The molecule has 2 fully saturated rings. The predicted molar refractivity (Wildman–Crippen MR) is 116 cm³/mol. The van der Waals surface area contributed by atoms with Crippen LogP contribution in [0.25, 0.3) is 0 Å². The fourth-order valence-corrected chi connectivity index (χ4v) is 7.17. The average Bonchev–Trinajstić information content (AvgIpc) is 3.21. The van der Waals surface area contributed by atoms with E-state index in [1.54, 1.807) is 6.07 Å². The molecule has 0 aliphatic carbocycles. The number of para-hydroxylation sites is 1. The number of sulfonamides is 1. The highest BCUT2D eigenvalue weighted by Crippen LogP contribution is 2.31. The zero-order chi connectivity index (χ0) is 20.4. The molecule has 9 heteroatoms. The summed E-state index contributed by atoms with van der Waals surface area (Å²) in [5.74, 6) is -0.209. The van der Waals surface area contributed by atoms with Crippen LogP contribution in [0, 0.1) is 5.92 Å². The lowest BCUT2D eigenvalue weighted by Gasteiger charge is -2.39. The second-order valence-corrected chi connectivity index (χ2v) is 11.3. The topological polar surface area (TPSA) is 60.9 Å². The number of carbonyl (C=O) groups excluding carboxylic acids is 1. The number of piperidine rings is 1. The van der Waals surface area contributed by atoms with E-state index in [9.17, 15) is 13.2 Å². The first-order valence-corrected chi connectivity index (χ1v) is 12.4. The third kappa shape index (κ3) is 4.45. The predicted octanol–water partition coefficient (Wildman–Crippen LogP) is 3.15. The minimum absolute atomic E-state index is 0.0711. The Labute approximate surface area is 180 Å². The van der Waals surface area contributed by atoms with E-state index < -0.39 is 10.0 Å². The number of piperazine rings is 1. The summed E-state index contributed by atoms with van der Waals surface area (Å²) in [5, 5.41) is 0. The molecule has 4 rings (SSSR count). The molecule has 1 atom stereocenters. The normalized spacial score (nSPS) is 21.3. The Balaban J connectivity index is 1.38. The van der Waals surface area contributed by atoms with Crippen molar-refractivity contribution in [1.29, 1.82) is 0 Å². The van der Waals surface area contributed by atoms with Gasteiger partial charge in [0.1, 0.15) is 4.21 Å². The number of hydrogen-bond acceptors (Lipinski definition) is 5. The maximum Gasteiger partial charge on any atom is 0.252 e. The highest BCUT2D eigenvalue weighted by Gasteiger charge is 2.36. The van der Waals surface area contributed by atoms with Crippen molar-refractivity contribution in [1.82, 2.24) is 9.21 Å². The molecule has 2 aliphatic heterocycles. The van der Waals surface area contributed by atoms with Crippen molar-refractivity contribution in [3.05, 3.63) is 46.8 Å². The molecule has 29 heavy (non-hydrogen) atoms. The number of rotatable bonds is 4. The fourth-order valence-electron chi connectivity index (χ4n) is 4.01. The average molecular weight is 454 g/mol. The first-order valence-electron chi connectivity index (χ1n) is 9.79. The highest BCUT2D eigenvalue weighted by molar-refractivity contribution is 7.91. The molecule has 0 radical (unpaired) electrons. The maximum absolute atomic E-state index is 13.1. The SMILES string of the molecule is O=C(C1CCCN(S(=O)(=O)c2ccc(Cl)s2)C1)N1CCN(c2ccccc2)CC1. The van der Waals surface area contributed by atoms with Gasteiger partial charge in [-0.05, 0) is 37.1 Å². The van der Waals surface area contributed by atoms with Gasteiger partial charge < -0.3 is 9.80 Å². The van der Waals surface area contributed by atoms with E-state index in [4.69, 9.17) is 11.6 Å². The summed E-state index contributed by atoms with van der Waals surface area (Å²) in [6.07, 6.45) is 1.42. The van der Waals surface area contributed by atoms with Gasteiger partial charge in [-0.15, -0.1) is 11.3 Å². The molecule has 2 saturated heterocycles. The Bertz CT molecular complexity index is 956. The second-order valence-electron chi connectivity index (χ2n) is 7.41. The molecule has 2 aliphatic rings. The van der Waals surface area contributed by atoms with Crippen molar-refractivity contribution >= 4 is 44.6 Å². The Kier molecular flexibility index (Phi) is 6.15. The van der Waals surface area contributed by atoms with Crippen molar-refractivity contribution < 1.29 is 13.2 Å². The highest BCUT2D eigenvalue weighted by atomic mass is 35.5. The van der Waals surface area contributed by atoms with Crippen molar-refractivity contribution in [2.24, 2.45) is 5.92 Å². The third-order valence-electron chi connectivity index (χ3n) is 5.59. The lowest BCUT2D eigenvalue weighted by molar-refractivity contribution is -0.137. The number of benzene rings is 1. The van der Waals surface area contributed by atoms with Crippen molar-refractivity contribution in [3.8, 4) is 0 Å². The van der Waals surface area contributed by atoms with Gasteiger partial charge in [0.25, 0.3) is 10.0 Å². The van der Waals surface area contributed by atoms with E-state index in [-0.39, 0.29) is 22.6 Å². The van der Waals surface area contributed by atoms with Crippen LogP contribution in [-0.2, 0) is 14.8 Å². The van der Waals surface area contributed by atoms with E-state index >= 15 is 0 Å². The number of hydrogen-bond donors (Lipinski definition) is 0. The summed E-state index contributed by atoms with van der Waals surface area (Å²) in [6.45, 7) is 3.60.